The van der Waals surface area contributed by atoms with E-state index in [9.17, 15) is 0 Å². The summed E-state index contributed by atoms with van der Waals surface area (Å²) in [5, 5.41) is 0. The second-order valence-corrected chi connectivity index (χ2v) is 6.97. The Balaban J connectivity index is 1.50. The second-order valence-electron chi connectivity index (χ2n) is 6.97. The van der Waals surface area contributed by atoms with E-state index < -0.39 is 0 Å². The van der Waals surface area contributed by atoms with Gasteiger partial charge in [-0.3, -0.25) is 0 Å². The summed E-state index contributed by atoms with van der Waals surface area (Å²) in [5.74, 6) is 3.75. The highest BCUT2D eigenvalue weighted by Crippen LogP contribution is 2.41. The maximum atomic E-state index is 5.99. The smallest absolute Gasteiger partial charge is 0.119 e. The van der Waals surface area contributed by atoms with E-state index in [4.69, 9.17) is 4.74 Å². The number of hydrogen-bond donors (Lipinski definition) is 0. The number of ether oxygens (including phenoxy) is 1. The summed E-state index contributed by atoms with van der Waals surface area (Å²) < 4.78 is 5.99. The van der Waals surface area contributed by atoms with Crippen molar-refractivity contribution >= 4 is 0 Å². The third-order valence-electron chi connectivity index (χ3n) is 5.50. The van der Waals surface area contributed by atoms with E-state index in [-0.39, 0.29) is 0 Å². The lowest BCUT2D eigenvalue weighted by atomic mass is 9.68. The van der Waals surface area contributed by atoms with Crippen molar-refractivity contribution in [2.24, 2.45) is 17.8 Å². The molecule has 0 aromatic heterocycles. The van der Waals surface area contributed by atoms with Crippen LogP contribution >= 0.6 is 0 Å². The van der Waals surface area contributed by atoms with Gasteiger partial charge in [-0.2, -0.15) is 0 Å². The predicted octanol–water partition coefficient (Wildman–Crippen LogP) is 4.00. The maximum absolute atomic E-state index is 5.99. The number of aryl methyl sites for hydroxylation is 1. The predicted molar refractivity (Wildman–Crippen MR) is 87.8 cm³/mol. The van der Waals surface area contributed by atoms with Crippen molar-refractivity contribution in [3.8, 4) is 5.75 Å². The minimum absolute atomic E-state index is 0.882. The molecule has 0 amide bonds. The molecular formula is C19H29NO. The van der Waals surface area contributed by atoms with Gasteiger partial charge in [0.1, 0.15) is 5.75 Å². The minimum atomic E-state index is 0.882. The Bertz CT molecular complexity index is 427. The van der Waals surface area contributed by atoms with Gasteiger partial charge in [0.25, 0.3) is 0 Å². The van der Waals surface area contributed by atoms with E-state index in [1.807, 2.05) is 0 Å². The average molecular weight is 287 g/mol. The highest BCUT2D eigenvalue weighted by Gasteiger charge is 2.37. The Morgan fingerprint density at radius 1 is 1.10 bits per heavy atom. The average Bonchev–Trinajstić information content (AvgIpc) is 2.48. The lowest BCUT2D eigenvalue weighted by molar-refractivity contribution is 0.0247. The fourth-order valence-corrected chi connectivity index (χ4v) is 4.39. The fourth-order valence-electron chi connectivity index (χ4n) is 4.39. The van der Waals surface area contributed by atoms with Crippen LogP contribution in [-0.2, 0) is 6.42 Å². The first-order valence-electron chi connectivity index (χ1n) is 8.66. The molecule has 2 fully saturated rings. The Morgan fingerprint density at radius 2 is 1.76 bits per heavy atom. The molecule has 0 N–H and O–H groups in total. The molecule has 2 atom stereocenters. The van der Waals surface area contributed by atoms with E-state index in [0.717, 1.165) is 36.5 Å². The Hall–Kier alpha value is -1.02. The van der Waals surface area contributed by atoms with Crippen molar-refractivity contribution in [2.45, 2.75) is 39.0 Å². The van der Waals surface area contributed by atoms with Crippen molar-refractivity contribution in [2.75, 3.05) is 26.7 Å². The number of rotatable bonds is 5. The topological polar surface area (TPSA) is 12.5 Å². The number of nitrogens with zero attached hydrogens (tertiary/aromatic N) is 1. The standard InChI is InChI=1S/C19H29NO/c1-3-15-7-9-18(10-8-15)21-12-11-19-16-5-4-6-17(19)14-20(2)13-16/h7-10,16-17,19H,3-6,11-14H2,1-2H3. The minimum Gasteiger partial charge on any atom is -0.494 e. The van der Waals surface area contributed by atoms with Crippen LogP contribution in [0.1, 0.15) is 38.2 Å². The molecule has 1 aromatic rings. The number of piperidine rings is 1. The lowest BCUT2D eigenvalue weighted by Crippen LogP contribution is -2.47. The summed E-state index contributed by atoms with van der Waals surface area (Å²) in [6, 6.07) is 8.60. The van der Waals surface area contributed by atoms with E-state index >= 15 is 0 Å². The molecule has 1 saturated carbocycles. The highest BCUT2D eigenvalue weighted by atomic mass is 16.5. The molecule has 21 heavy (non-hydrogen) atoms. The van der Waals surface area contributed by atoms with Crippen LogP contribution in [0.25, 0.3) is 0 Å². The summed E-state index contributed by atoms with van der Waals surface area (Å²) >= 11 is 0. The first-order chi connectivity index (χ1) is 10.3. The third kappa shape index (κ3) is 3.60. The van der Waals surface area contributed by atoms with Gasteiger partial charge in [0.2, 0.25) is 0 Å². The molecule has 2 bridgehead atoms. The molecule has 1 aliphatic heterocycles. The van der Waals surface area contributed by atoms with Crippen LogP contribution in [0.15, 0.2) is 24.3 Å². The molecular weight excluding hydrogens is 258 g/mol. The SMILES string of the molecule is CCc1ccc(OCCC2C3CCCC2CN(C)C3)cc1. The van der Waals surface area contributed by atoms with Gasteiger partial charge in [-0.25, -0.2) is 0 Å². The summed E-state index contributed by atoms with van der Waals surface area (Å²) in [4.78, 5) is 2.54. The number of benzene rings is 1. The first kappa shape index (κ1) is 14.9. The van der Waals surface area contributed by atoms with Gasteiger partial charge in [0.05, 0.1) is 6.61 Å². The normalized spacial score (nSPS) is 29.3. The molecule has 2 nitrogen and oxygen atoms in total. The summed E-state index contributed by atoms with van der Waals surface area (Å²) in [5.41, 5.74) is 1.38. The van der Waals surface area contributed by atoms with Gasteiger partial charge in [0, 0.05) is 13.1 Å². The van der Waals surface area contributed by atoms with Crippen molar-refractivity contribution in [1.82, 2.24) is 4.90 Å². The second kappa shape index (κ2) is 6.83. The van der Waals surface area contributed by atoms with Crippen molar-refractivity contribution < 1.29 is 4.74 Å². The van der Waals surface area contributed by atoms with Crippen LogP contribution in [0, 0.1) is 17.8 Å². The van der Waals surface area contributed by atoms with Crippen molar-refractivity contribution in [3.05, 3.63) is 29.8 Å². The van der Waals surface area contributed by atoms with Crippen LogP contribution < -0.4 is 4.74 Å². The van der Waals surface area contributed by atoms with Gasteiger partial charge < -0.3 is 9.64 Å². The number of hydrogen-bond acceptors (Lipinski definition) is 2. The van der Waals surface area contributed by atoms with Crippen LogP contribution in [-0.4, -0.2) is 31.6 Å². The molecule has 2 unspecified atom stereocenters. The van der Waals surface area contributed by atoms with Crippen molar-refractivity contribution in [1.29, 1.82) is 0 Å². The Kier molecular flexibility index (Phi) is 4.84. The summed E-state index contributed by atoms with van der Waals surface area (Å²) in [6.07, 6.45) is 6.63. The van der Waals surface area contributed by atoms with Crippen LogP contribution in [0.2, 0.25) is 0 Å². The molecule has 116 valence electrons. The molecule has 1 saturated heterocycles. The summed E-state index contributed by atoms with van der Waals surface area (Å²) in [6.45, 7) is 5.67. The molecule has 1 aromatic carbocycles. The highest BCUT2D eigenvalue weighted by molar-refractivity contribution is 5.27. The molecule has 2 heteroatoms. The van der Waals surface area contributed by atoms with Crippen LogP contribution in [0.3, 0.4) is 0 Å². The van der Waals surface area contributed by atoms with E-state index in [1.54, 1.807) is 0 Å². The zero-order chi connectivity index (χ0) is 14.7. The summed E-state index contributed by atoms with van der Waals surface area (Å²) in [7, 11) is 2.29. The fraction of sp³-hybridized carbons (Fsp3) is 0.684. The van der Waals surface area contributed by atoms with E-state index in [1.165, 1.54) is 44.3 Å². The van der Waals surface area contributed by atoms with Gasteiger partial charge in [-0.1, -0.05) is 25.5 Å². The molecule has 1 heterocycles. The largest absolute Gasteiger partial charge is 0.494 e. The molecule has 2 aliphatic rings. The quantitative estimate of drug-likeness (QED) is 0.811. The molecule has 0 radical (unpaired) electrons. The molecule has 3 rings (SSSR count). The number of fused-ring (bicyclic) bond motifs is 2. The van der Waals surface area contributed by atoms with Gasteiger partial charge in [-0.15, -0.1) is 0 Å². The van der Waals surface area contributed by atoms with Gasteiger partial charge in [0.15, 0.2) is 0 Å². The molecule has 0 spiro atoms. The number of likely N-dealkylation sites (tertiary alicyclic amines) is 1. The zero-order valence-corrected chi connectivity index (χ0v) is 13.6. The third-order valence-corrected chi connectivity index (χ3v) is 5.50. The monoisotopic (exact) mass is 287 g/mol. The van der Waals surface area contributed by atoms with Crippen LogP contribution in [0.4, 0.5) is 0 Å². The zero-order valence-electron chi connectivity index (χ0n) is 13.6. The van der Waals surface area contributed by atoms with Gasteiger partial charge in [-0.05, 0) is 68.2 Å². The lowest BCUT2D eigenvalue weighted by Gasteiger charge is -2.46. The van der Waals surface area contributed by atoms with E-state index in [2.05, 4.69) is 43.1 Å². The van der Waals surface area contributed by atoms with Crippen LogP contribution in [0.5, 0.6) is 5.75 Å². The van der Waals surface area contributed by atoms with Crippen molar-refractivity contribution in [3.63, 3.8) is 0 Å². The Morgan fingerprint density at radius 3 is 2.38 bits per heavy atom. The maximum Gasteiger partial charge on any atom is 0.119 e. The Labute approximate surface area is 129 Å². The van der Waals surface area contributed by atoms with Gasteiger partial charge >= 0.3 is 0 Å². The molecule has 1 aliphatic carbocycles. The first-order valence-corrected chi connectivity index (χ1v) is 8.66. The van der Waals surface area contributed by atoms with E-state index in [0.29, 0.717) is 0 Å².